The van der Waals surface area contributed by atoms with E-state index in [2.05, 4.69) is 3.87 Å². The van der Waals surface area contributed by atoms with E-state index in [4.69, 9.17) is 0 Å². The first-order valence-electron chi connectivity index (χ1n) is 3.66. The van der Waals surface area contributed by atoms with Crippen molar-refractivity contribution >= 4 is 19.9 Å². The third-order valence-corrected chi connectivity index (χ3v) is 4.99. The van der Waals surface area contributed by atoms with Crippen molar-refractivity contribution in [3.05, 3.63) is 0 Å². The molecule has 0 aliphatic heterocycles. The Labute approximate surface area is 77.3 Å². The number of halogens is 3. The number of hydrogen-bond acceptors (Lipinski definition) is 3. The summed E-state index contributed by atoms with van der Waals surface area (Å²) in [5.74, 6) is 0. The largest absolute Gasteiger partial charge is 0.522 e. The maximum absolute atomic E-state index is 11.7. The lowest BCUT2D eigenvalue weighted by molar-refractivity contribution is -0.0500. The molecule has 3 nitrogen and oxygen atoms in total. The molecule has 0 N–H and O–H groups in total. The number of alkyl halides is 3. The second-order valence-corrected chi connectivity index (χ2v) is 6.74. The van der Waals surface area contributed by atoms with Crippen LogP contribution >= 0.6 is 0 Å². The second kappa shape index (κ2) is 4.42. The van der Waals surface area contributed by atoms with Gasteiger partial charge in [0.1, 0.15) is 0 Å². The van der Waals surface area contributed by atoms with E-state index in [0.717, 1.165) is 0 Å². The van der Waals surface area contributed by atoms with Crippen LogP contribution in [0.25, 0.3) is 0 Å². The maximum atomic E-state index is 11.7. The Hall–Kier alpha value is -0.0831. The van der Waals surface area contributed by atoms with Crippen LogP contribution < -0.4 is 0 Å². The van der Waals surface area contributed by atoms with Crippen molar-refractivity contribution in [2.45, 2.75) is 31.3 Å². The van der Waals surface area contributed by atoms with Crippen molar-refractivity contribution in [2.24, 2.45) is 0 Å². The zero-order valence-electron chi connectivity index (χ0n) is 7.26. The lowest BCUT2D eigenvalue weighted by Crippen LogP contribution is -2.27. The molecule has 0 spiro atoms. The van der Waals surface area contributed by atoms with Gasteiger partial charge in [-0.25, -0.2) is 0 Å². The van der Waals surface area contributed by atoms with Gasteiger partial charge < -0.3 is 3.87 Å². The van der Waals surface area contributed by atoms with Crippen molar-refractivity contribution in [1.82, 2.24) is 0 Å². The van der Waals surface area contributed by atoms with E-state index in [0.29, 0.717) is 6.42 Å². The number of hydrogen-bond donors (Lipinski definition) is 0. The Morgan fingerprint density at radius 3 is 2.23 bits per heavy atom. The summed E-state index contributed by atoms with van der Waals surface area (Å²) in [4.78, 5) is 0. The van der Waals surface area contributed by atoms with Crippen LogP contribution in [0.1, 0.15) is 20.3 Å². The van der Waals surface area contributed by atoms with Crippen molar-refractivity contribution in [3.8, 4) is 0 Å². The summed E-state index contributed by atoms with van der Waals surface area (Å²) in [6.45, 7) is 3.43. The van der Waals surface area contributed by atoms with Gasteiger partial charge in [-0.1, -0.05) is 20.3 Å². The second-order valence-electron chi connectivity index (χ2n) is 2.70. The van der Waals surface area contributed by atoms with Gasteiger partial charge in [-0.3, -0.25) is 0 Å². The average molecular weight is 236 g/mol. The Kier molecular flexibility index (Phi) is 4.40. The summed E-state index contributed by atoms with van der Waals surface area (Å²) < 4.78 is 59.7. The highest BCUT2D eigenvalue weighted by atomic mass is 32.2. The Bertz CT molecular complexity index is 248. The molecule has 0 saturated heterocycles. The summed E-state index contributed by atoms with van der Waals surface area (Å²) in [5, 5.41) is 0. The van der Waals surface area contributed by atoms with Gasteiger partial charge in [-0.2, -0.15) is 21.6 Å². The van der Waals surface area contributed by atoms with E-state index in [9.17, 15) is 21.6 Å². The zero-order chi connectivity index (χ0) is 10.7. The van der Waals surface area contributed by atoms with Gasteiger partial charge in [-0.15, -0.1) is 0 Å². The predicted octanol–water partition coefficient (Wildman–Crippen LogP) is 1.15. The van der Waals surface area contributed by atoms with E-state index < -0.39 is 25.4 Å². The summed E-state index contributed by atoms with van der Waals surface area (Å²) in [6, 6.07) is 0. The standard InChI is InChI=1S/C5H11F3O3SSi/c1-3-4(2)13-11-12(9,10)5(6,7)8/h4H,3,13H2,1-2H3. The number of rotatable bonds is 4. The van der Waals surface area contributed by atoms with Crippen LogP contribution in [0.4, 0.5) is 13.2 Å². The highest BCUT2D eigenvalue weighted by Gasteiger charge is 2.46. The molecule has 0 aliphatic carbocycles. The highest BCUT2D eigenvalue weighted by molar-refractivity contribution is 7.88. The topological polar surface area (TPSA) is 43.4 Å². The minimum atomic E-state index is -5.34. The Morgan fingerprint density at radius 1 is 1.46 bits per heavy atom. The van der Waals surface area contributed by atoms with Crippen molar-refractivity contribution in [1.29, 1.82) is 0 Å². The van der Waals surface area contributed by atoms with E-state index in [1.807, 2.05) is 0 Å². The molecule has 0 radical (unpaired) electrons. The fourth-order valence-corrected chi connectivity index (χ4v) is 2.81. The molecule has 0 aromatic rings. The third-order valence-electron chi connectivity index (χ3n) is 1.49. The van der Waals surface area contributed by atoms with Gasteiger partial charge in [0, 0.05) is 0 Å². The van der Waals surface area contributed by atoms with Gasteiger partial charge in [-0.05, 0) is 5.54 Å². The van der Waals surface area contributed by atoms with Crippen molar-refractivity contribution in [2.75, 3.05) is 0 Å². The monoisotopic (exact) mass is 236 g/mol. The predicted molar refractivity (Wildman–Crippen MR) is 44.3 cm³/mol. The fraction of sp³-hybridized carbons (Fsp3) is 1.00. The molecule has 1 atom stereocenters. The fourth-order valence-electron chi connectivity index (χ4n) is 0.390. The summed E-state index contributed by atoms with van der Waals surface area (Å²) >= 11 is 0. The van der Waals surface area contributed by atoms with Crippen LogP contribution in [0, 0.1) is 0 Å². The summed E-state index contributed by atoms with van der Waals surface area (Å²) in [6.07, 6.45) is 0.625. The third kappa shape index (κ3) is 4.10. The average Bonchev–Trinajstić information content (AvgIpc) is 1.98. The first-order chi connectivity index (χ1) is 5.70. The van der Waals surface area contributed by atoms with E-state index >= 15 is 0 Å². The normalized spacial score (nSPS) is 16.7. The summed E-state index contributed by atoms with van der Waals surface area (Å²) in [5.41, 5.74) is -5.36. The van der Waals surface area contributed by atoms with E-state index in [1.54, 1.807) is 13.8 Å². The Morgan fingerprint density at radius 2 is 1.92 bits per heavy atom. The van der Waals surface area contributed by atoms with E-state index in [-0.39, 0.29) is 5.54 Å². The minimum Gasteiger partial charge on any atom is -0.316 e. The molecular formula is C5H11F3O3SSi. The van der Waals surface area contributed by atoms with Crippen LogP contribution in [0.2, 0.25) is 5.54 Å². The van der Waals surface area contributed by atoms with Crippen LogP contribution in [0.3, 0.4) is 0 Å². The van der Waals surface area contributed by atoms with E-state index in [1.165, 1.54) is 0 Å². The van der Waals surface area contributed by atoms with Gasteiger partial charge in [0.25, 0.3) is 0 Å². The first-order valence-corrected chi connectivity index (χ1v) is 6.46. The molecule has 0 aromatic heterocycles. The molecule has 0 fully saturated rings. The molecule has 1 unspecified atom stereocenters. The van der Waals surface area contributed by atoms with Gasteiger partial charge in [0.2, 0.25) is 0 Å². The molecule has 0 amide bonds. The molecule has 0 saturated carbocycles. The lowest BCUT2D eigenvalue weighted by Gasteiger charge is -2.10. The van der Waals surface area contributed by atoms with Crippen LogP contribution in [-0.4, -0.2) is 23.7 Å². The van der Waals surface area contributed by atoms with Crippen LogP contribution in [-0.2, 0) is 14.0 Å². The van der Waals surface area contributed by atoms with Gasteiger partial charge >= 0.3 is 15.6 Å². The minimum absolute atomic E-state index is 0.0721. The zero-order valence-corrected chi connectivity index (χ0v) is 9.49. The highest BCUT2D eigenvalue weighted by Crippen LogP contribution is 2.25. The molecule has 0 bridgehead atoms. The molecule has 8 heteroatoms. The molecular weight excluding hydrogens is 225 g/mol. The Balaban J connectivity index is 4.22. The van der Waals surface area contributed by atoms with Crippen molar-refractivity contribution in [3.63, 3.8) is 0 Å². The molecule has 0 aliphatic rings. The maximum Gasteiger partial charge on any atom is 0.522 e. The van der Waals surface area contributed by atoms with Gasteiger partial charge in [0.05, 0.1) is 0 Å². The first kappa shape index (κ1) is 12.9. The summed E-state index contributed by atoms with van der Waals surface area (Å²) in [7, 11) is -7.00. The molecule has 13 heavy (non-hydrogen) atoms. The lowest BCUT2D eigenvalue weighted by atomic mass is 10.4. The smallest absolute Gasteiger partial charge is 0.316 e. The molecule has 0 aromatic carbocycles. The van der Waals surface area contributed by atoms with Crippen LogP contribution in [0.15, 0.2) is 0 Å². The SMILES string of the molecule is CCC(C)[SiH2]OS(=O)(=O)C(F)(F)F. The molecule has 0 heterocycles. The van der Waals surface area contributed by atoms with Crippen molar-refractivity contribution < 1.29 is 25.5 Å². The molecule has 0 rings (SSSR count). The van der Waals surface area contributed by atoms with Crippen LogP contribution in [0.5, 0.6) is 0 Å². The molecule has 80 valence electrons. The quantitative estimate of drug-likeness (QED) is 0.543. The van der Waals surface area contributed by atoms with Gasteiger partial charge in [0.15, 0.2) is 9.76 Å².